The molecule has 1 atom stereocenters. The third-order valence-electron chi connectivity index (χ3n) is 3.61. The van der Waals surface area contributed by atoms with Crippen LogP contribution in [0.2, 0.25) is 0 Å². The molecule has 0 amide bonds. The van der Waals surface area contributed by atoms with E-state index in [4.69, 9.17) is 0 Å². The molecule has 1 N–H and O–H groups in total. The minimum atomic E-state index is 0.437. The minimum absolute atomic E-state index is 0.437. The SMILES string of the molecule is CC1CCN(CC(C)(C)CNC2CC2)C1. The van der Waals surface area contributed by atoms with E-state index in [9.17, 15) is 0 Å². The zero-order valence-corrected chi connectivity index (χ0v) is 10.6. The van der Waals surface area contributed by atoms with Gasteiger partial charge in [0, 0.05) is 25.7 Å². The lowest BCUT2D eigenvalue weighted by Gasteiger charge is -2.30. The van der Waals surface area contributed by atoms with Crippen LogP contribution in [0.25, 0.3) is 0 Å². The Bertz CT molecular complexity index is 209. The Morgan fingerprint density at radius 3 is 2.53 bits per heavy atom. The highest BCUT2D eigenvalue weighted by atomic mass is 15.2. The molecule has 1 saturated heterocycles. The van der Waals surface area contributed by atoms with E-state index >= 15 is 0 Å². The highest BCUT2D eigenvalue weighted by Gasteiger charge is 2.28. The van der Waals surface area contributed by atoms with Crippen LogP contribution in [0.5, 0.6) is 0 Å². The van der Waals surface area contributed by atoms with Crippen molar-refractivity contribution >= 4 is 0 Å². The van der Waals surface area contributed by atoms with Crippen LogP contribution < -0.4 is 5.32 Å². The van der Waals surface area contributed by atoms with Gasteiger partial charge in [-0.1, -0.05) is 20.8 Å². The molecule has 0 aromatic rings. The second kappa shape index (κ2) is 4.42. The molecule has 2 aliphatic rings. The van der Waals surface area contributed by atoms with Crippen LogP contribution in [0, 0.1) is 11.3 Å². The first-order chi connectivity index (χ1) is 7.05. The average molecular weight is 210 g/mol. The predicted molar refractivity (Wildman–Crippen MR) is 65.0 cm³/mol. The monoisotopic (exact) mass is 210 g/mol. The molecule has 0 bridgehead atoms. The van der Waals surface area contributed by atoms with E-state index in [2.05, 4.69) is 31.0 Å². The fraction of sp³-hybridized carbons (Fsp3) is 1.00. The van der Waals surface area contributed by atoms with Crippen molar-refractivity contribution < 1.29 is 0 Å². The number of nitrogens with zero attached hydrogens (tertiary/aromatic N) is 1. The van der Waals surface area contributed by atoms with Crippen LogP contribution in [-0.2, 0) is 0 Å². The largest absolute Gasteiger partial charge is 0.313 e. The second-order valence-electron chi connectivity index (χ2n) is 6.45. The van der Waals surface area contributed by atoms with Gasteiger partial charge in [-0.15, -0.1) is 0 Å². The lowest BCUT2D eigenvalue weighted by atomic mass is 9.92. The summed E-state index contributed by atoms with van der Waals surface area (Å²) in [5.41, 5.74) is 0.437. The molecular weight excluding hydrogens is 184 g/mol. The molecule has 0 radical (unpaired) electrons. The Hall–Kier alpha value is -0.0800. The molecular formula is C13H26N2. The van der Waals surface area contributed by atoms with E-state index in [1.54, 1.807) is 0 Å². The van der Waals surface area contributed by atoms with Crippen LogP contribution in [0.15, 0.2) is 0 Å². The van der Waals surface area contributed by atoms with Gasteiger partial charge in [0.15, 0.2) is 0 Å². The number of hydrogen-bond donors (Lipinski definition) is 1. The average Bonchev–Trinajstić information content (AvgIpc) is 2.88. The van der Waals surface area contributed by atoms with E-state index in [1.807, 2.05) is 0 Å². The maximum atomic E-state index is 3.66. The molecule has 1 saturated carbocycles. The molecule has 2 fully saturated rings. The van der Waals surface area contributed by atoms with Crippen molar-refractivity contribution in [1.29, 1.82) is 0 Å². The van der Waals surface area contributed by atoms with Gasteiger partial charge in [-0.3, -0.25) is 0 Å². The van der Waals surface area contributed by atoms with E-state index < -0.39 is 0 Å². The van der Waals surface area contributed by atoms with Gasteiger partial charge in [0.2, 0.25) is 0 Å². The maximum absolute atomic E-state index is 3.66. The Labute approximate surface area is 94.4 Å². The smallest absolute Gasteiger partial charge is 0.00684 e. The molecule has 1 aliphatic heterocycles. The fourth-order valence-electron chi connectivity index (χ4n) is 2.54. The third-order valence-corrected chi connectivity index (χ3v) is 3.61. The fourth-order valence-corrected chi connectivity index (χ4v) is 2.54. The normalized spacial score (nSPS) is 28.6. The third kappa shape index (κ3) is 3.76. The zero-order chi connectivity index (χ0) is 10.9. The van der Waals surface area contributed by atoms with Crippen LogP contribution in [0.3, 0.4) is 0 Å². The molecule has 1 heterocycles. The van der Waals surface area contributed by atoms with E-state index in [1.165, 1.54) is 45.4 Å². The molecule has 15 heavy (non-hydrogen) atoms. The van der Waals surface area contributed by atoms with Crippen molar-refractivity contribution in [2.45, 2.75) is 46.1 Å². The first kappa shape index (κ1) is 11.4. The first-order valence-electron chi connectivity index (χ1n) is 6.51. The summed E-state index contributed by atoms with van der Waals surface area (Å²) >= 11 is 0. The molecule has 88 valence electrons. The molecule has 1 unspecified atom stereocenters. The highest BCUT2D eigenvalue weighted by Crippen LogP contribution is 2.24. The summed E-state index contributed by atoms with van der Waals surface area (Å²) in [6.45, 7) is 12.2. The molecule has 0 aromatic heterocycles. The predicted octanol–water partition coefficient (Wildman–Crippen LogP) is 2.11. The van der Waals surface area contributed by atoms with Crippen molar-refractivity contribution in [1.82, 2.24) is 10.2 Å². The van der Waals surface area contributed by atoms with Crippen molar-refractivity contribution in [2.24, 2.45) is 11.3 Å². The van der Waals surface area contributed by atoms with Gasteiger partial charge < -0.3 is 10.2 Å². The van der Waals surface area contributed by atoms with E-state index in [0.717, 1.165) is 12.0 Å². The number of rotatable bonds is 5. The van der Waals surface area contributed by atoms with E-state index in [0.29, 0.717) is 5.41 Å². The highest BCUT2D eigenvalue weighted by molar-refractivity contribution is 4.86. The Morgan fingerprint density at radius 2 is 2.00 bits per heavy atom. The number of nitrogens with one attached hydrogen (secondary N) is 1. The topological polar surface area (TPSA) is 15.3 Å². The van der Waals surface area contributed by atoms with Crippen molar-refractivity contribution in [3.05, 3.63) is 0 Å². The summed E-state index contributed by atoms with van der Waals surface area (Å²) < 4.78 is 0. The maximum Gasteiger partial charge on any atom is 0.00684 e. The summed E-state index contributed by atoms with van der Waals surface area (Å²) in [4.78, 5) is 2.64. The van der Waals surface area contributed by atoms with Gasteiger partial charge in [-0.2, -0.15) is 0 Å². The molecule has 2 nitrogen and oxygen atoms in total. The van der Waals surface area contributed by atoms with Crippen molar-refractivity contribution in [2.75, 3.05) is 26.2 Å². The molecule has 0 aromatic carbocycles. The standard InChI is InChI=1S/C13H26N2/c1-11-6-7-15(8-11)10-13(2,3)9-14-12-4-5-12/h11-12,14H,4-10H2,1-3H3. The first-order valence-corrected chi connectivity index (χ1v) is 6.51. The van der Waals surface area contributed by atoms with E-state index in [-0.39, 0.29) is 0 Å². The number of hydrogen-bond acceptors (Lipinski definition) is 2. The van der Waals surface area contributed by atoms with Gasteiger partial charge in [0.1, 0.15) is 0 Å². The molecule has 2 rings (SSSR count). The Balaban J connectivity index is 1.70. The lowest BCUT2D eigenvalue weighted by Crippen LogP contribution is -2.40. The summed E-state index contributed by atoms with van der Waals surface area (Å²) in [7, 11) is 0. The number of likely N-dealkylation sites (tertiary alicyclic amines) is 1. The van der Waals surface area contributed by atoms with Crippen LogP contribution in [0.4, 0.5) is 0 Å². The summed E-state index contributed by atoms with van der Waals surface area (Å²) in [5.74, 6) is 0.914. The van der Waals surface area contributed by atoms with Crippen LogP contribution in [-0.4, -0.2) is 37.1 Å². The van der Waals surface area contributed by atoms with Crippen molar-refractivity contribution in [3.63, 3.8) is 0 Å². The molecule has 2 heteroatoms. The summed E-state index contributed by atoms with van der Waals surface area (Å²) in [6.07, 6.45) is 4.19. The van der Waals surface area contributed by atoms with Gasteiger partial charge in [0.05, 0.1) is 0 Å². The van der Waals surface area contributed by atoms with Gasteiger partial charge in [-0.05, 0) is 37.1 Å². The Morgan fingerprint density at radius 1 is 1.27 bits per heavy atom. The van der Waals surface area contributed by atoms with Crippen LogP contribution in [0.1, 0.15) is 40.0 Å². The quantitative estimate of drug-likeness (QED) is 0.747. The van der Waals surface area contributed by atoms with Crippen LogP contribution >= 0.6 is 0 Å². The Kier molecular flexibility index (Phi) is 3.36. The molecule has 1 aliphatic carbocycles. The van der Waals surface area contributed by atoms with Gasteiger partial charge in [0.25, 0.3) is 0 Å². The minimum Gasteiger partial charge on any atom is -0.313 e. The van der Waals surface area contributed by atoms with Gasteiger partial charge >= 0.3 is 0 Å². The van der Waals surface area contributed by atoms with Gasteiger partial charge in [-0.25, -0.2) is 0 Å². The van der Waals surface area contributed by atoms with Crippen molar-refractivity contribution in [3.8, 4) is 0 Å². The summed E-state index contributed by atoms with van der Waals surface area (Å²) in [6, 6.07) is 0.849. The lowest BCUT2D eigenvalue weighted by molar-refractivity contribution is 0.199. The molecule has 0 spiro atoms. The zero-order valence-electron chi connectivity index (χ0n) is 10.6. The summed E-state index contributed by atoms with van der Waals surface area (Å²) in [5, 5.41) is 3.66. The second-order valence-corrected chi connectivity index (χ2v) is 6.45.